The van der Waals surface area contributed by atoms with Crippen molar-refractivity contribution in [3.8, 4) is 5.75 Å². The zero-order valence-electron chi connectivity index (χ0n) is 16.4. The number of likely N-dealkylation sites (tertiary alicyclic amines) is 1. The van der Waals surface area contributed by atoms with Gasteiger partial charge in [0.2, 0.25) is 10.0 Å². The summed E-state index contributed by atoms with van der Waals surface area (Å²) < 4.78 is 31.6. The molecule has 0 unspecified atom stereocenters. The molecule has 1 N–H and O–H groups in total. The van der Waals surface area contributed by atoms with Gasteiger partial charge in [-0.3, -0.25) is 14.5 Å². The van der Waals surface area contributed by atoms with Crippen LogP contribution >= 0.6 is 0 Å². The van der Waals surface area contributed by atoms with Crippen molar-refractivity contribution < 1.29 is 17.9 Å². The number of ether oxygens (including phenoxy) is 1. The minimum Gasteiger partial charge on any atom is -0.486 e. The second kappa shape index (κ2) is 7.76. The lowest BCUT2D eigenvalue weighted by atomic mass is 9.82. The van der Waals surface area contributed by atoms with Crippen molar-refractivity contribution in [1.82, 2.24) is 9.88 Å². The van der Waals surface area contributed by atoms with Crippen LogP contribution in [0.25, 0.3) is 0 Å². The molecule has 3 heterocycles. The average Bonchev–Trinajstić information content (AvgIpc) is 2.68. The highest BCUT2D eigenvalue weighted by Gasteiger charge is 2.42. The molecule has 154 valence electrons. The van der Waals surface area contributed by atoms with E-state index in [0.717, 1.165) is 45.2 Å². The van der Waals surface area contributed by atoms with E-state index in [0.29, 0.717) is 23.4 Å². The lowest BCUT2D eigenvalue weighted by Gasteiger charge is -2.44. The maximum Gasteiger partial charge on any atom is 0.229 e. The summed E-state index contributed by atoms with van der Waals surface area (Å²) >= 11 is 0. The van der Waals surface area contributed by atoms with Crippen LogP contribution in [0.5, 0.6) is 5.75 Å². The number of benzene rings is 1. The van der Waals surface area contributed by atoms with Gasteiger partial charge in [0.25, 0.3) is 0 Å². The fraction of sp³-hybridized carbons (Fsp3) is 0.429. The fourth-order valence-electron chi connectivity index (χ4n) is 4.07. The third-order valence-electron chi connectivity index (χ3n) is 5.63. The minimum absolute atomic E-state index is 0.00800. The molecular formula is C21H25N3O4S. The van der Waals surface area contributed by atoms with Crippen molar-refractivity contribution >= 4 is 21.5 Å². The predicted octanol–water partition coefficient (Wildman–Crippen LogP) is 2.50. The van der Waals surface area contributed by atoms with Gasteiger partial charge in [-0.2, -0.15) is 0 Å². The number of hydrogen-bond acceptors (Lipinski definition) is 6. The zero-order valence-corrected chi connectivity index (χ0v) is 17.2. The number of anilines is 1. The average molecular weight is 416 g/mol. The van der Waals surface area contributed by atoms with Crippen LogP contribution in [0.4, 0.5) is 5.69 Å². The third kappa shape index (κ3) is 4.76. The summed E-state index contributed by atoms with van der Waals surface area (Å²) in [6, 6.07) is 8.97. The molecule has 0 atom stereocenters. The number of nitrogens with zero attached hydrogens (tertiary/aromatic N) is 2. The van der Waals surface area contributed by atoms with E-state index in [1.54, 1.807) is 18.2 Å². The smallest absolute Gasteiger partial charge is 0.229 e. The molecule has 2 aliphatic heterocycles. The van der Waals surface area contributed by atoms with Crippen LogP contribution in [0.15, 0.2) is 42.7 Å². The Morgan fingerprint density at radius 2 is 1.90 bits per heavy atom. The van der Waals surface area contributed by atoms with E-state index < -0.39 is 15.6 Å². The highest BCUT2D eigenvalue weighted by Crippen LogP contribution is 2.40. The molecule has 2 aromatic rings. The van der Waals surface area contributed by atoms with Crippen LogP contribution in [0.1, 0.15) is 35.2 Å². The van der Waals surface area contributed by atoms with Crippen molar-refractivity contribution in [2.45, 2.75) is 31.3 Å². The number of aromatic nitrogens is 1. The normalized spacial score (nSPS) is 18.9. The van der Waals surface area contributed by atoms with Crippen molar-refractivity contribution in [2.24, 2.45) is 0 Å². The van der Waals surface area contributed by atoms with Crippen LogP contribution in [0, 0.1) is 0 Å². The predicted molar refractivity (Wildman–Crippen MR) is 111 cm³/mol. The molecule has 29 heavy (non-hydrogen) atoms. The summed E-state index contributed by atoms with van der Waals surface area (Å²) in [6.45, 7) is 2.76. The Morgan fingerprint density at radius 3 is 2.59 bits per heavy atom. The molecule has 0 aliphatic carbocycles. The standard InChI is InChI=1S/C21H25N3O4S/c1-29(26,27)23-17-2-3-20-18(14-17)19(25)15-21(28-20)7-12-24(13-8-21)11-6-16-4-9-22-10-5-16/h2-5,9-10,14,23H,6-8,11-13,15H2,1H3. The van der Waals surface area contributed by atoms with Crippen LogP contribution < -0.4 is 9.46 Å². The summed E-state index contributed by atoms with van der Waals surface area (Å²) in [7, 11) is -3.39. The molecule has 1 fully saturated rings. The SMILES string of the molecule is CS(=O)(=O)Nc1ccc2c(c1)C(=O)CC1(CCN(CCc3ccncc3)CC1)O2. The summed E-state index contributed by atoms with van der Waals surface area (Å²) in [4.78, 5) is 19.3. The van der Waals surface area contributed by atoms with E-state index in [9.17, 15) is 13.2 Å². The Balaban J connectivity index is 1.39. The first kappa shape index (κ1) is 19.8. The summed E-state index contributed by atoms with van der Waals surface area (Å²) in [5.41, 5.74) is 1.65. The molecule has 8 heteroatoms. The van der Waals surface area contributed by atoms with Gasteiger partial charge < -0.3 is 9.64 Å². The minimum atomic E-state index is -3.39. The van der Waals surface area contributed by atoms with Gasteiger partial charge in [0.1, 0.15) is 11.4 Å². The van der Waals surface area contributed by atoms with Gasteiger partial charge in [0.05, 0.1) is 18.2 Å². The van der Waals surface area contributed by atoms with E-state index in [4.69, 9.17) is 4.74 Å². The Bertz CT molecular complexity index is 1000. The van der Waals surface area contributed by atoms with Gasteiger partial charge >= 0.3 is 0 Å². The number of fused-ring (bicyclic) bond motifs is 1. The number of ketones is 1. The van der Waals surface area contributed by atoms with Gasteiger partial charge in [0.15, 0.2) is 5.78 Å². The Labute approximate surface area is 171 Å². The van der Waals surface area contributed by atoms with Gasteiger partial charge in [0, 0.05) is 50.6 Å². The van der Waals surface area contributed by atoms with Crippen LogP contribution in [-0.4, -0.2) is 55.6 Å². The number of sulfonamides is 1. The second-order valence-electron chi connectivity index (χ2n) is 7.92. The summed E-state index contributed by atoms with van der Waals surface area (Å²) in [5.74, 6) is 0.555. The van der Waals surface area contributed by atoms with E-state index in [-0.39, 0.29) is 5.78 Å². The monoisotopic (exact) mass is 415 g/mol. The molecule has 1 aromatic carbocycles. The number of rotatable bonds is 5. The maximum absolute atomic E-state index is 12.8. The number of hydrogen-bond donors (Lipinski definition) is 1. The number of carbonyl (C=O) groups is 1. The Morgan fingerprint density at radius 1 is 1.17 bits per heavy atom. The van der Waals surface area contributed by atoms with Gasteiger partial charge in [-0.1, -0.05) is 0 Å². The van der Waals surface area contributed by atoms with E-state index in [2.05, 4.69) is 14.6 Å². The fourth-order valence-corrected chi connectivity index (χ4v) is 4.63. The van der Waals surface area contributed by atoms with E-state index >= 15 is 0 Å². The zero-order chi connectivity index (χ0) is 20.5. The van der Waals surface area contributed by atoms with Crippen molar-refractivity contribution in [3.05, 3.63) is 53.9 Å². The first-order valence-electron chi connectivity index (χ1n) is 9.77. The number of carbonyl (C=O) groups excluding carboxylic acids is 1. The largest absolute Gasteiger partial charge is 0.486 e. The summed E-state index contributed by atoms with van der Waals surface area (Å²) in [5, 5.41) is 0. The molecule has 4 rings (SSSR count). The molecule has 1 spiro atoms. The molecule has 1 saturated heterocycles. The van der Waals surface area contributed by atoms with Crippen molar-refractivity contribution in [2.75, 3.05) is 30.6 Å². The highest BCUT2D eigenvalue weighted by molar-refractivity contribution is 7.92. The van der Waals surface area contributed by atoms with E-state index in [1.165, 1.54) is 5.56 Å². The molecule has 2 aliphatic rings. The summed E-state index contributed by atoms with van der Waals surface area (Å²) in [6.07, 6.45) is 7.64. The second-order valence-corrected chi connectivity index (χ2v) is 9.67. The molecule has 7 nitrogen and oxygen atoms in total. The molecular weight excluding hydrogens is 390 g/mol. The van der Waals surface area contributed by atoms with Gasteiger partial charge in [-0.05, 0) is 42.3 Å². The first-order chi connectivity index (χ1) is 13.8. The highest BCUT2D eigenvalue weighted by atomic mass is 32.2. The van der Waals surface area contributed by atoms with E-state index in [1.807, 2.05) is 24.5 Å². The van der Waals surface area contributed by atoms with Crippen LogP contribution in [-0.2, 0) is 16.4 Å². The number of nitrogens with one attached hydrogen (secondary N) is 1. The molecule has 0 saturated carbocycles. The van der Waals surface area contributed by atoms with Crippen molar-refractivity contribution in [1.29, 1.82) is 0 Å². The first-order valence-corrected chi connectivity index (χ1v) is 11.7. The third-order valence-corrected chi connectivity index (χ3v) is 6.23. The van der Waals surface area contributed by atoms with Crippen LogP contribution in [0.2, 0.25) is 0 Å². The lowest BCUT2D eigenvalue weighted by Crippen LogP contribution is -2.51. The maximum atomic E-state index is 12.8. The molecule has 0 radical (unpaired) electrons. The quantitative estimate of drug-likeness (QED) is 0.807. The molecule has 0 amide bonds. The number of Topliss-reactive ketones (excluding diaryl/α,β-unsaturated/α-hetero) is 1. The number of pyridine rings is 1. The van der Waals surface area contributed by atoms with Gasteiger partial charge in [-0.25, -0.2) is 8.42 Å². The molecule has 0 bridgehead atoms. The number of piperidine rings is 1. The topological polar surface area (TPSA) is 88.6 Å². The van der Waals surface area contributed by atoms with Crippen molar-refractivity contribution in [3.63, 3.8) is 0 Å². The van der Waals surface area contributed by atoms with Gasteiger partial charge in [-0.15, -0.1) is 0 Å². The van der Waals surface area contributed by atoms with Crippen LogP contribution in [0.3, 0.4) is 0 Å². The Kier molecular flexibility index (Phi) is 5.31. The molecule has 1 aromatic heterocycles. The lowest BCUT2D eigenvalue weighted by molar-refractivity contribution is -0.00865. The Hall–Kier alpha value is -2.45.